The summed E-state index contributed by atoms with van der Waals surface area (Å²) in [7, 11) is 0. The van der Waals surface area contributed by atoms with Crippen molar-refractivity contribution < 1.29 is 19.9 Å². The molecule has 0 N–H and O–H groups in total. The highest BCUT2D eigenvalue weighted by Gasteiger charge is 2.20. The van der Waals surface area contributed by atoms with Crippen molar-refractivity contribution in [2.75, 3.05) is 24.7 Å². The maximum absolute atomic E-state index is 11.7. The summed E-state index contributed by atoms with van der Waals surface area (Å²) in [6.07, 6.45) is 0. The summed E-state index contributed by atoms with van der Waals surface area (Å²) >= 11 is 0. The van der Waals surface area contributed by atoms with E-state index in [-0.39, 0.29) is 25.4 Å². The van der Waals surface area contributed by atoms with Crippen LogP contribution in [0.15, 0.2) is 24.2 Å². The molecule has 1 amide bonds. The van der Waals surface area contributed by atoms with Gasteiger partial charge in [-0.1, -0.05) is 0 Å². The van der Waals surface area contributed by atoms with Crippen molar-refractivity contribution in [3.05, 3.63) is 34.3 Å². The standard InChI is InChI=1S/C10H10N2O4/c13-10-7-16-6-5-11(10)8-1-3-9(4-2-8)12(14)15/h1-4H,5-7H2/i1D,2D,3D,4D. The lowest BCUT2D eigenvalue weighted by molar-refractivity contribution is -0.384. The molecule has 1 aromatic rings. The maximum Gasteiger partial charge on any atom is 0.269 e. The Morgan fingerprint density at radius 3 is 2.69 bits per heavy atom. The van der Waals surface area contributed by atoms with Crippen LogP contribution < -0.4 is 4.90 Å². The molecular formula is C10H10N2O4. The van der Waals surface area contributed by atoms with Gasteiger partial charge in [0, 0.05) is 24.3 Å². The third-order valence-corrected chi connectivity index (χ3v) is 2.04. The van der Waals surface area contributed by atoms with E-state index < -0.39 is 40.7 Å². The lowest BCUT2D eigenvalue weighted by atomic mass is 10.2. The molecule has 1 saturated heterocycles. The second-order valence-corrected chi connectivity index (χ2v) is 3.05. The van der Waals surface area contributed by atoms with Gasteiger partial charge in [0.05, 0.1) is 17.0 Å². The average Bonchev–Trinajstić information content (AvgIpc) is 2.39. The van der Waals surface area contributed by atoms with Crippen LogP contribution in [0.4, 0.5) is 11.4 Å². The fraction of sp³-hybridized carbons (Fsp3) is 0.300. The number of rotatable bonds is 2. The minimum atomic E-state index is -0.967. The lowest BCUT2D eigenvalue weighted by Gasteiger charge is -2.26. The van der Waals surface area contributed by atoms with Crippen molar-refractivity contribution in [2.45, 2.75) is 0 Å². The molecule has 2 rings (SSSR count). The van der Waals surface area contributed by atoms with Crippen LogP contribution in [0.1, 0.15) is 5.48 Å². The Bertz CT molecular complexity index is 578. The highest BCUT2D eigenvalue weighted by molar-refractivity contribution is 5.94. The van der Waals surface area contributed by atoms with Gasteiger partial charge >= 0.3 is 0 Å². The summed E-state index contributed by atoms with van der Waals surface area (Å²) in [6, 6.07) is -2.75. The van der Waals surface area contributed by atoms with Gasteiger partial charge in [-0.05, 0) is 12.1 Å². The van der Waals surface area contributed by atoms with Gasteiger partial charge < -0.3 is 9.64 Å². The van der Waals surface area contributed by atoms with Crippen LogP contribution in [0.25, 0.3) is 0 Å². The zero-order valence-corrected chi connectivity index (χ0v) is 8.15. The molecule has 6 heteroatoms. The molecule has 0 radical (unpaired) electrons. The van der Waals surface area contributed by atoms with Crippen molar-refractivity contribution in [3.63, 3.8) is 0 Å². The Labute approximate surface area is 97.2 Å². The van der Waals surface area contributed by atoms with Crippen LogP contribution in [0.2, 0.25) is 0 Å². The summed E-state index contributed by atoms with van der Waals surface area (Å²) in [6.45, 7) is 0.0477. The van der Waals surface area contributed by atoms with E-state index in [1.807, 2.05) is 0 Å². The number of amides is 1. The molecule has 16 heavy (non-hydrogen) atoms. The molecule has 0 unspecified atom stereocenters. The predicted molar refractivity (Wildman–Crippen MR) is 56.3 cm³/mol. The fourth-order valence-corrected chi connectivity index (χ4v) is 1.28. The number of anilines is 1. The molecule has 1 fully saturated rings. The van der Waals surface area contributed by atoms with Gasteiger partial charge in [0.25, 0.3) is 11.6 Å². The molecule has 0 aromatic heterocycles. The first-order valence-electron chi connectivity index (χ1n) is 6.49. The van der Waals surface area contributed by atoms with E-state index in [9.17, 15) is 14.9 Å². The highest BCUT2D eigenvalue weighted by atomic mass is 16.6. The number of nitro benzene ring substituents is 1. The van der Waals surface area contributed by atoms with Gasteiger partial charge in [-0.3, -0.25) is 14.9 Å². The zero-order valence-electron chi connectivity index (χ0n) is 12.1. The van der Waals surface area contributed by atoms with Crippen molar-refractivity contribution >= 4 is 17.3 Å². The largest absolute Gasteiger partial charge is 0.370 e. The van der Waals surface area contributed by atoms with Gasteiger partial charge in [0.1, 0.15) is 6.61 Å². The number of carbonyl (C=O) groups is 1. The van der Waals surface area contributed by atoms with Crippen LogP contribution in [0.3, 0.4) is 0 Å². The van der Waals surface area contributed by atoms with Gasteiger partial charge in [0.15, 0.2) is 0 Å². The molecule has 0 aliphatic carbocycles. The summed E-state index contributed by atoms with van der Waals surface area (Å²) in [5, 5.41) is 10.8. The fourth-order valence-electron chi connectivity index (χ4n) is 1.28. The molecule has 0 spiro atoms. The van der Waals surface area contributed by atoms with E-state index in [1.54, 1.807) is 0 Å². The number of ether oxygens (including phenoxy) is 1. The van der Waals surface area contributed by atoms with Crippen LogP contribution in [0, 0.1) is 10.1 Å². The Morgan fingerprint density at radius 2 is 2.12 bits per heavy atom. The number of benzene rings is 1. The number of hydrogen-bond acceptors (Lipinski definition) is 4. The van der Waals surface area contributed by atoms with Crippen LogP contribution >= 0.6 is 0 Å². The molecule has 1 aromatic carbocycles. The Morgan fingerprint density at radius 1 is 1.44 bits per heavy atom. The highest BCUT2D eigenvalue weighted by Crippen LogP contribution is 2.20. The number of carbonyl (C=O) groups excluding carboxylic acids is 1. The molecule has 1 aliphatic rings. The molecule has 0 saturated carbocycles. The molecule has 1 heterocycles. The van der Waals surface area contributed by atoms with Crippen molar-refractivity contribution in [2.24, 2.45) is 0 Å². The Balaban J connectivity index is 2.66. The van der Waals surface area contributed by atoms with E-state index >= 15 is 0 Å². The second-order valence-electron chi connectivity index (χ2n) is 3.05. The number of nitro groups is 1. The van der Waals surface area contributed by atoms with E-state index in [1.165, 1.54) is 0 Å². The predicted octanol–water partition coefficient (Wildman–Crippen LogP) is 0.958. The molecular weight excluding hydrogens is 212 g/mol. The van der Waals surface area contributed by atoms with Crippen LogP contribution in [-0.2, 0) is 9.53 Å². The third kappa shape index (κ3) is 2.01. The Kier molecular flexibility index (Phi) is 1.76. The first-order chi connectivity index (χ1) is 9.36. The SMILES string of the molecule is [2H]c1c([2H])c([N+](=O)[O-])c([2H])c([2H])c1N1CCOCC1=O. The summed E-state index contributed by atoms with van der Waals surface area (Å²) in [5.41, 5.74) is -1.15. The minimum absolute atomic E-state index is 0.0767. The maximum atomic E-state index is 11.7. The summed E-state index contributed by atoms with van der Waals surface area (Å²) < 4.78 is 35.6. The molecule has 84 valence electrons. The second kappa shape index (κ2) is 4.28. The van der Waals surface area contributed by atoms with Gasteiger partial charge in [-0.2, -0.15) is 0 Å². The van der Waals surface area contributed by atoms with Gasteiger partial charge in [-0.15, -0.1) is 0 Å². The molecule has 0 atom stereocenters. The van der Waals surface area contributed by atoms with Crippen LogP contribution in [-0.4, -0.2) is 30.6 Å². The number of morpholine rings is 1. The van der Waals surface area contributed by atoms with Crippen molar-refractivity contribution in [3.8, 4) is 0 Å². The van der Waals surface area contributed by atoms with Crippen LogP contribution in [0.5, 0.6) is 0 Å². The minimum Gasteiger partial charge on any atom is -0.370 e. The number of hydrogen-bond donors (Lipinski definition) is 0. The van der Waals surface area contributed by atoms with Crippen molar-refractivity contribution in [1.82, 2.24) is 0 Å². The van der Waals surface area contributed by atoms with E-state index in [0.717, 1.165) is 4.90 Å². The average molecular weight is 226 g/mol. The smallest absolute Gasteiger partial charge is 0.269 e. The zero-order chi connectivity index (χ0) is 15.0. The first-order valence-corrected chi connectivity index (χ1v) is 4.49. The van der Waals surface area contributed by atoms with Gasteiger partial charge in [0.2, 0.25) is 0 Å². The number of nitrogens with zero attached hydrogens (tertiary/aromatic N) is 2. The third-order valence-electron chi connectivity index (χ3n) is 2.04. The normalized spacial score (nSPS) is 19.8. The molecule has 1 aliphatic heterocycles. The Hall–Kier alpha value is -1.95. The monoisotopic (exact) mass is 226 g/mol. The van der Waals surface area contributed by atoms with E-state index in [2.05, 4.69) is 0 Å². The quantitative estimate of drug-likeness (QED) is 0.556. The van der Waals surface area contributed by atoms with E-state index in [4.69, 9.17) is 10.2 Å². The lowest BCUT2D eigenvalue weighted by Crippen LogP contribution is -2.41. The molecule has 6 nitrogen and oxygen atoms in total. The van der Waals surface area contributed by atoms with Crippen molar-refractivity contribution in [1.29, 1.82) is 0 Å². The van der Waals surface area contributed by atoms with E-state index in [0.29, 0.717) is 0 Å². The topological polar surface area (TPSA) is 72.7 Å². The summed E-state index contributed by atoms with van der Waals surface area (Å²) in [5.74, 6) is -0.508. The van der Waals surface area contributed by atoms with Gasteiger partial charge in [-0.25, -0.2) is 0 Å². The molecule has 0 bridgehead atoms. The first kappa shape index (κ1) is 6.59. The summed E-state index contributed by atoms with van der Waals surface area (Å²) in [4.78, 5) is 22.6.